The van der Waals surface area contributed by atoms with Gasteiger partial charge in [0.05, 0.1) is 17.5 Å². The van der Waals surface area contributed by atoms with Crippen LogP contribution in [-0.2, 0) is 10.0 Å². The van der Waals surface area contributed by atoms with E-state index >= 15 is 0 Å². The summed E-state index contributed by atoms with van der Waals surface area (Å²) >= 11 is 0. The van der Waals surface area contributed by atoms with Gasteiger partial charge < -0.3 is 0 Å². The van der Waals surface area contributed by atoms with E-state index in [1.807, 2.05) is 13.8 Å². The molecule has 0 aliphatic rings. The summed E-state index contributed by atoms with van der Waals surface area (Å²) in [5.74, 6) is -0.569. The summed E-state index contributed by atoms with van der Waals surface area (Å²) in [6, 6.07) is 5.74. The molecule has 0 saturated heterocycles. The molecule has 0 amide bonds. The molecule has 0 bridgehead atoms. The van der Waals surface area contributed by atoms with Gasteiger partial charge >= 0.3 is 0 Å². The third kappa shape index (κ3) is 3.76. The molecule has 0 radical (unpaired) electrons. The van der Waals surface area contributed by atoms with Gasteiger partial charge in [0.2, 0.25) is 16.0 Å². The van der Waals surface area contributed by atoms with Crippen LogP contribution in [0.1, 0.15) is 35.8 Å². The number of halogens is 1. The van der Waals surface area contributed by atoms with Crippen LogP contribution < -0.4 is 4.31 Å². The van der Waals surface area contributed by atoms with Crippen LogP contribution in [0.5, 0.6) is 0 Å². The van der Waals surface area contributed by atoms with Gasteiger partial charge in [-0.15, -0.1) is 0 Å². The minimum Gasteiger partial charge on any atom is -0.298 e. The van der Waals surface area contributed by atoms with Crippen molar-refractivity contribution in [3.05, 3.63) is 41.3 Å². The zero-order valence-electron chi connectivity index (χ0n) is 13.8. The lowest BCUT2D eigenvalue weighted by Crippen LogP contribution is -2.27. The van der Waals surface area contributed by atoms with Gasteiger partial charge in [0.1, 0.15) is 5.82 Å². The second-order valence-corrected chi connectivity index (χ2v) is 7.73. The smallest absolute Gasteiger partial charge is 0.239 e. The molecule has 2 aromatic rings. The second kappa shape index (κ2) is 6.64. The van der Waals surface area contributed by atoms with E-state index in [0.29, 0.717) is 23.2 Å². The van der Waals surface area contributed by atoms with Gasteiger partial charge in [-0.1, -0.05) is 13.8 Å². The van der Waals surface area contributed by atoms with Gasteiger partial charge in [-0.25, -0.2) is 27.1 Å². The van der Waals surface area contributed by atoms with E-state index in [1.165, 1.54) is 25.2 Å². The highest BCUT2D eigenvalue weighted by Crippen LogP contribution is 2.25. The highest BCUT2D eigenvalue weighted by molar-refractivity contribution is 7.92. The van der Waals surface area contributed by atoms with E-state index in [1.54, 1.807) is 6.07 Å². The fourth-order valence-electron chi connectivity index (χ4n) is 1.98. The number of sulfonamides is 1. The first kappa shape index (κ1) is 18.0. The van der Waals surface area contributed by atoms with E-state index in [-0.39, 0.29) is 17.4 Å². The summed E-state index contributed by atoms with van der Waals surface area (Å²) in [5, 5.41) is 0. The van der Waals surface area contributed by atoms with Crippen molar-refractivity contribution in [2.24, 2.45) is 0 Å². The molecule has 0 atom stereocenters. The lowest BCUT2D eigenvalue weighted by molar-refractivity contribution is 0.112. The minimum absolute atomic E-state index is 0.0238. The zero-order valence-corrected chi connectivity index (χ0v) is 14.6. The fraction of sp³-hybridized carbons (Fsp3) is 0.312. The molecule has 0 aliphatic heterocycles. The van der Waals surface area contributed by atoms with Crippen molar-refractivity contribution >= 4 is 22.3 Å². The Morgan fingerprint density at radius 1 is 1.21 bits per heavy atom. The predicted molar refractivity (Wildman–Crippen MR) is 90.1 cm³/mol. The third-order valence-electron chi connectivity index (χ3n) is 3.52. The number of rotatable bonds is 5. The maximum Gasteiger partial charge on any atom is 0.239 e. The predicted octanol–water partition coefficient (Wildman–Crippen LogP) is 2.61. The van der Waals surface area contributed by atoms with Crippen LogP contribution in [0.25, 0.3) is 11.3 Å². The number of anilines is 1. The largest absolute Gasteiger partial charge is 0.298 e. The molecule has 128 valence electrons. The van der Waals surface area contributed by atoms with E-state index < -0.39 is 15.8 Å². The topological polar surface area (TPSA) is 80.2 Å². The van der Waals surface area contributed by atoms with Gasteiger partial charge in [-0.05, 0) is 30.2 Å². The Kier molecular flexibility index (Phi) is 4.98. The first-order valence-electron chi connectivity index (χ1n) is 7.21. The summed E-state index contributed by atoms with van der Waals surface area (Å²) in [6.07, 6.45) is 1.48. The Balaban J connectivity index is 2.66. The fourth-order valence-corrected chi connectivity index (χ4v) is 2.36. The molecule has 2 rings (SSSR count). The number of hydrogen-bond acceptors (Lipinski definition) is 5. The molecule has 1 aromatic heterocycles. The van der Waals surface area contributed by atoms with E-state index in [0.717, 1.165) is 10.6 Å². The van der Waals surface area contributed by atoms with E-state index in [2.05, 4.69) is 9.97 Å². The maximum atomic E-state index is 13.5. The zero-order chi connectivity index (χ0) is 18.1. The average Bonchev–Trinajstić information content (AvgIpc) is 2.53. The number of aldehydes is 1. The first-order valence-corrected chi connectivity index (χ1v) is 9.06. The van der Waals surface area contributed by atoms with E-state index in [9.17, 15) is 17.6 Å². The lowest BCUT2D eigenvalue weighted by Gasteiger charge is -2.17. The number of carbonyl (C=O) groups is 1. The summed E-state index contributed by atoms with van der Waals surface area (Å²) in [4.78, 5) is 19.5. The van der Waals surface area contributed by atoms with Crippen LogP contribution >= 0.6 is 0 Å². The molecular weight excluding hydrogens is 333 g/mol. The van der Waals surface area contributed by atoms with Gasteiger partial charge in [-0.3, -0.25) is 4.79 Å². The molecule has 6 nitrogen and oxygen atoms in total. The van der Waals surface area contributed by atoms with Crippen LogP contribution in [0, 0.1) is 5.82 Å². The Morgan fingerprint density at radius 3 is 2.42 bits per heavy atom. The third-order valence-corrected chi connectivity index (χ3v) is 4.68. The van der Waals surface area contributed by atoms with Crippen molar-refractivity contribution in [2.75, 3.05) is 17.6 Å². The Bertz CT molecular complexity index is 882. The normalized spacial score (nSPS) is 11.6. The van der Waals surface area contributed by atoms with Crippen molar-refractivity contribution < 1.29 is 17.6 Å². The minimum atomic E-state index is -3.52. The highest BCUT2D eigenvalue weighted by atomic mass is 32.2. The number of nitrogens with zero attached hydrogens (tertiary/aromatic N) is 3. The standard InChI is InChI=1S/C16H18FN3O3S/c1-10(2)14-8-15(11-5-6-13(17)12(7-11)9-21)19-16(18-14)20(3)24(4,22)23/h5-10H,1-4H3. The van der Waals surface area contributed by atoms with Gasteiger partial charge in [-0.2, -0.15) is 0 Å². The quantitative estimate of drug-likeness (QED) is 0.774. The van der Waals surface area contributed by atoms with Gasteiger partial charge in [0.15, 0.2) is 6.29 Å². The van der Waals surface area contributed by atoms with Crippen LogP contribution in [0.15, 0.2) is 24.3 Å². The number of carbonyl (C=O) groups excluding carboxylic acids is 1. The van der Waals surface area contributed by atoms with Gasteiger partial charge in [0.25, 0.3) is 0 Å². The van der Waals surface area contributed by atoms with Crippen LogP contribution in [0.4, 0.5) is 10.3 Å². The molecule has 0 N–H and O–H groups in total. The van der Waals surface area contributed by atoms with Crippen molar-refractivity contribution in [3.8, 4) is 11.3 Å². The molecule has 0 fully saturated rings. The molecular formula is C16H18FN3O3S. The molecule has 8 heteroatoms. The summed E-state index contributed by atoms with van der Waals surface area (Å²) in [5.41, 5.74) is 1.48. The number of aromatic nitrogens is 2. The Hall–Kier alpha value is -2.35. The monoisotopic (exact) mass is 351 g/mol. The van der Waals surface area contributed by atoms with Crippen LogP contribution in [-0.4, -0.2) is 38.0 Å². The molecule has 1 heterocycles. The van der Waals surface area contributed by atoms with Crippen molar-refractivity contribution in [2.45, 2.75) is 19.8 Å². The summed E-state index contributed by atoms with van der Waals surface area (Å²) in [7, 11) is -2.16. The average molecular weight is 351 g/mol. The van der Waals surface area contributed by atoms with Crippen molar-refractivity contribution in [1.29, 1.82) is 0 Å². The molecule has 1 aromatic carbocycles. The Morgan fingerprint density at radius 2 is 1.88 bits per heavy atom. The molecule has 0 aliphatic carbocycles. The maximum absolute atomic E-state index is 13.5. The second-order valence-electron chi connectivity index (χ2n) is 5.72. The van der Waals surface area contributed by atoms with Gasteiger partial charge in [0, 0.05) is 18.3 Å². The van der Waals surface area contributed by atoms with E-state index in [4.69, 9.17) is 0 Å². The molecule has 0 unspecified atom stereocenters. The van der Waals surface area contributed by atoms with Crippen LogP contribution in [0.2, 0.25) is 0 Å². The molecule has 0 spiro atoms. The van der Waals surface area contributed by atoms with Crippen molar-refractivity contribution in [3.63, 3.8) is 0 Å². The summed E-state index contributed by atoms with van der Waals surface area (Å²) in [6.45, 7) is 3.83. The number of benzene rings is 1. The Labute approximate surface area is 140 Å². The number of hydrogen-bond donors (Lipinski definition) is 0. The SMILES string of the molecule is CC(C)c1cc(-c2ccc(F)c(C=O)c2)nc(N(C)S(C)(=O)=O)n1. The first-order chi connectivity index (χ1) is 11.1. The molecule has 24 heavy (non-hydrogen) atoms. The molecule has 0 saturated carbocycles. The lowest BCUT2D eigenvalue weighted by atomic mass is 10.0. The van der Waals surface area contributed by atoms with Crippen LogP contribution in [0.3, 0.4) is 0 Å². The summed E-state index contributed by atoms with van der Waals surface area (Å²) < 4.78 is 38.0. The van der Waals surface area contributed by atoms with Crippen molar-refractivity contribution in [1.82, 2.24) is 9.97 Å². The highest BCUT2D eigenvalue weighted by Gasteiger charge is 2.18.